The Labute approximate surface area is 145 Å². The van der Waals surface area contributed by atoms with Crippen LogP contribution in [0.1, 0.15) is 11.4 Å². The van der Waals surface area contributed by atoms with E-state index >= 15 is 0 Å². The Hall–Kier alpha value is -3.06. The van der Waals surface area contributed by atoms with Gasteiger partial charge < -0.3 is 10.6 Å². The Morgan fingerprint density at radius 2 is 1.83 bits per heavy atom. The number of anilines is 1. The number of hydrogen-bond acceptors (Lipinski definition) is 6. The van der Waals surface area contributed by atoms with E-state index in [4.69, 9.17) is 10.6 Å². The van der Waals surface area contributed by atoms with Gasteiger partial charge in [-0.1, -0.05) is 30.3 Å². The lowest BCUT2D eigenvalue weighted by atomic mass is 10.2. The van der Waals surface area contributed by atoms with Crippen LogP contribution in [0.3, 0.4) is 0 Å². The molecule has 1 heterocycles. The minimum atomic E-state index is 0. The number of nitrogens with two attached hydrogens (primary N) is 1. The fourth-order valence-electron chi connectivity index (χ4n) is 1.89. The number of aryl methyl sites for hydroxylation is 1. The van der Waals surface area contributed by atoms with Crippen molar-refractivity contribution in [2.45, 2.75) is 6.92 Å². The summed E-state index contributed by atoms with van der Waals surface area (Å²) < 4.78 is 7.10. The maximum atomic E-state index is 5.78. The van der Waals surface area contributed by atoms with Gasteiger partial charge in [0, 0.05) is 0 Å². The average Bonchev–Trinajstić information content (AvgIpc) is 2.88. The van der Waals surface area contributed by atoms with Gasteiger partial charge in [0.2, 0.25) is 0 Å². The van der Waals surface area contributed by atoms with Crippen molar-refractivity contribution in [2.75, 3.05) is 11.3 Å². The number of nitrogens with one attached hydrogen (secondary N) is 1. The average molecular weight is 345 g/mol. The van der Waals surface area contributed by atoms with Crippen molar-refractivity contribution in [2.24, 2.45) is 5.10 Å². The third-order valence-corrected chi connectivity index (χ3v) is 3.08. The summed E-state index contributed by atoms with van der Waals surface area (Å²) >= 11 is 0. The highest BCUT2D eigenvalue weighted by atomic mass is 35.5. The zero-order valence-corrected chi connectivity index (χ0v) is 13.8. The van der Waals surface area contributed by atoms with Crippen molar-refractivity contribution in [3.63, 3.8) is 0 Å². The van der Waals surface area contributed by atoms with Crippen LogP contribution in [0.5, 0.6) is 11.5 Å². The first kappa shape index (κ1) is 17.3. The number of nitrogen functional groups attached to an aromatic ring is 1. The quantitative estimate of drug-likeness (QED) is 0.422. The first-order valence-electron chi connectivity index (χ1n) is 7.01. The van der Waals surface area contributed by atoms with Crippen LogP contribution in [-0.4, -0.2) is 21.1 Å². The van der Waals surface area contributed by atoms with Crippen molar-refractivity contribution >= 4 is 24.6 Å². The highest BCUT2D eigenvalue weighted by Crippen LogP contribution is 2.21. The van der Waals surface area contributed by atoms with Gasteiger partial charge in [-0.15, -0.1) is 22.6 Å². The molecule has 0 atom stereocenters. The zero-order valence-electron chi connectivity index (χ0n) is 13.0. The normalized spacial score (nSPS) is 10.4. The molecule has 0 radical (unpaired) electrons. The zero-order chi connectivity index (χ0) is 16.1. The molecule has 0 bridgehead atoms. The summed E-state index contributed by atoms with van der Waals surface area (Å²) in [5.74, 6) is 8.21. The number of hydrogen-bond donors (Lipinski definition) is 2. The van der Waals surface area contributed by atoms with Crippen molar-refractivity contribution in [3.8, 4) is 11.5 Å². The number of halogens is 1. The third kappa shape index (κ3) is 4.23. The van der Waals surface area contributed by atoms with Crippen LogP contribution in [0, 0.1) is 6.92 Å². The molecule has 0 fully saturated rings. The van der Waals surface area contributed by atoms with E-state index in [-0.39, 0.29) is 12.4 Å². The molecule has 3 rings (SSSR count). The Kier molecular flexibility index (Phi) is 5.75. The Morgan fingerprint density at radius 1 is 1.08 bits per heavy atom. The summed E-state index contributed by atoms with van der Waals surface area (Å²) in [5.41, 5.74) is 3.62. The smallest absolute Gasteiger partial charge is 0.263 e. The number of ether oxygens (including phenoxy) is 1. The van der Waals surface area contributed by atoms with Crippen molar-refractivity contribution in [3.05, 3.63) is 66.0 Å². The number of benzene rings is 2. The van der Waals surface area contributed by atoms with E-state index in [1.54, 1.807) is 13.1 Å². The van der Waals surface area contributed by atoms with Gasteiger partial charge >= 0.3 is 0 Å². The van der Waals surface area contributed by atoms with Gasteiger partial charge in [-0.2, -0.15) is 5.10 Å². The minimum absolute atomic E-state index is 0. The predicted molar refractivity (Wildman–Crippen MR) is 96.3 cm³/mol. The fourth-order valence-corrected chi connectivity index (χ4v) is 1.89. The minimum Gasteiger partial charge on any atom is -0.457 e. The number of aromatic nitrogens is 3. The molecule has 24 heavy (non-hydrogen) atoms. The first-order chi connectivity index (χ1) is 11.2. The van der Waals surface area contributed by atoms with E-state index < -0.39 is 0 Å². The van der Waals surface area contributed by atoms with Gasteiger partial charge in [0.1, 0.15) is 11.5 Å². The second kappa shape index (κ2) is 7.98. The van der Waals surface area contributed by atoms with Crippen molar-refractivity contribution < 1.29 is 4.74 Å². The van der Waals surface area contributed by atoms with Crippen LogP contribution in [0.4, 0.5) is 5.95 Å². The van der Waals surface area contributed by atoms with Crippen LogP contribution in [0.15, 0.2) is 59.7 Å². The lowest BCUT2D eigenvalue weighted by Crippen LogP contribution is -2.13. The molecule has 1 aromatic heterocycles. The molecule has 3 aromatic rings. The van der Waals surface area contributed by atoms with Crippen LogP contribution in [0.2, 0.25) is 0 Å². The number of hydrazone groups is 1. The summed E-state index contributed by atoms with van der Waals surface area (Å²) in [4.78, 5) is 0. The molecule has 0 aliphatic rings. The molecule has 0 aliphatic carbocycles. The maximum absolute atomic E-state index is 5.78. The fraction of sp³-hybridized carbons (Fsp3) is 0.0625. The van der Waals surface area contributed by atoms with E-state index in [2.05, 4.69) is 20.7 Å². The molecule has 0 amide bonds. The molecule has 8 heteroatoms. The second-order valence-corrected chi connectivity index (χ2v) is 4.80. The van der Waals surface area contributed by atoms with E-state index in [1.165, 1.54) is 4.68 Å². The van der Waals surface area contributed by atoms with Gasteiger partial charge in [-0.05, 0) is 36.8 Å². The molecule has 0 spiro atoms. The summed E-state index contributed by atoms with van der Waals surface area (Å²) in [6.07, 6.45) is 1.65. The molecule has 0 saturated carbocycles. The van der Waals surface area contributed by atoms with E-state index in [1.807, 2.05) is 54.6 Å². The van der Waals surface area contributed by atoms with E-state index in [9.17, 15) is 0 Å². The molecule has 0 saturated heterocycles. The standard InChI is InChI=1S/C16H16N6O.ClH/c1-12-19-21-16(22(12)17)20-18-11-13-6-5-9-15(10-13)23-14-7-3-2-4-8-14;/h2-11H,17H2,1H3,(H,20,21);1H/b18-11-;. The number of para-hydroxylation sites is 1. The molecular weight excluding hydrogens is 328 g/mol. The highest BCUT2D eigenvalue weighted by Gasteiger charge is 2.03. The molecule has 7 nitrogen and oxygen atoms in total. The van der Waals surface area contributed by atoms with E-state index in [0.717, 1.165) is 17.1 Å². The van der Waals surface area contributed by atoms with Gasteiger partial charge in [0.25, 0.3) is 5.95 Å². The van der Waals surface area contributed by atoms with Crippen molar-refractivity contribution in [1.82, 2.24) is 14.9 Å². The van der Waals surface area contributed by atoms with Gasteiger partial charge in [-0.3, -0.25) is 0 Å². The van der Waals surface area contributed by atoms with Gasteiger partial charge in [0.05, 0.1) is 6.21 Å². The second-order valence-electron chi connectivity index (χ2n) is 4.80. The Bertz CT molecular complexity index is 818. The van der Waals surface area contributed by atoms with Crippen LogP contribution in [-0.2, 0) is 0 Å². The summed E-state index contributed by atoms with van der Waals surface area (Å²) in [6, 6.07) is 17.2. The van der Waals surface area contributed by atoms with Gasteiger partial charge in [-0.25, -0.2) is 10.1 Å². The summed E-state index contributed by atoms with van der Waals surface area (Å²) in [6.45, 7) is 1.76. The molecule has 0 unspecified atom stereocenters. The molecule has 0 aliphatic heterocycles. The number of rotatable bonds is 5. The molecule has 2 aromatic carbocycles. The third-order valence-electron chi connectivity index (χ3n) is 3.08. The van der Waals surface area contributed by atoms with Crippen LogP contribution < -0.4 is 16.0 Å². The first-order valence-corrected chi connectivity index (χ1v) is 7.01. The lowest BCUT2D eigenvalue weighted by molar-refractivity contribution is 0.482. The topological polar surface area (TPSA) is 90.4 Å². The molecule has 124 valence electrons. The summed E-state index contributed by atoms with van der Waals surface area (Å²) in [5, 5.41) is 11.8. The molecule has 3 N–H and O–H groups in total. The lowest BCUT2D eigenvalue weighted by Gasteiger charge is -2.05. The molecular formula is C16H17ClN6O. The Morgan fingerprint density at radius 3 is 2.54 bits per heavy atom. The number of nitrogens with zero attached hydrogens (tertiary/aromatic N) is 4. The predicted octanol–water partition coefficient (Wildman–Crippen LogP) is 2.96. The van der Waals surface area contributed by atoms with Crippen LogP contribution in [0.25, 0.3) is 0 Å². The van der Waals surface area contributed by atoms with Crippen molar-refractivity contribution in [1.29, 1.82) is 0 Å². The van der Waals surface area contributed by atoms with Gasteiger partial charge in [0.15, 0.2) is 5.82 Å². The maximum Gasteiger partial charge on any atom is 0.263 e. The van der Waals surface area contributed by atoms with Crippen LogP contribution >= 0.6 is 12.4 Å². The van der Waals surface area contributed by atoms with E-state index in [0.29, 0.717) is 11.8 Å². The Balaban J connectivity index is 0.00000208. The summed E-state index contributed by atoms with van der Waals surface area (Å²) in [7, 11) is 0. The largest absolute Gasteiger partial charge is 0.457 e. The monoisotopic (exact) mass is 344 g/mol. The highest BCUT2D eigenvalue weighted by molar-refractivity contribution is 5.85. The SMILES string of the molecule is Cc1nnc(N/N=C\c2cccc(Oc3ccccc3)c2)n1N.Cl.